The smallest absolute Gasteiger partial charge is 0.0683 e. The number of anilines is 1. The van der Waals surface area contributed by atoms with Gasteiger partial charge >= 0.3 is 0 Å². The van der Waals surface area contributed by atoms with Crippen LogP contribution in [0, 0.1) is 0 Å². The molecule has 0 saturated heterocycles. The largest absolute Gasteiger partial charge is 0.399 e. The highest BCUT2D eigenvalue weighted by molar-refractivity contribution is 5.73. The second kappa shape index (κ2) is 2.59. The fourth-order valence-corrected chi connectivity index (χ4v) is 1.71. The molecule has 0 saturated carbocycles. The van der Waals surface area contributed by atoms with Gasteiger partial charge in [-0.2, -0.15) is 0 Å². The number of hydrogen-bond donors (Lipinski definition) is 1. The number of fused-ring (bicyclic) bond motifs is 1. The van der Waals surface area contributed by atoms with Crippen LogP contribution in [-0.2, 0) is 5.41 Å². The van der Waals surface area contributed by atoms with Crippen molar-refractivity contribution < 1.29 is 0 Å². The third kappa shape index (κ3) is 1.32. The molecule has 1 aromatic carbocycles. The molecule has 0 atom stereocenters. The topological polar surface area (TPSA) is 38.4 Å². The minimum Gasteiger partial charge on any atom is -0.399 e. The maximum Gasteiger partial charge on any atom is 0.0683 e. The second-order valence-corrected chi connectivity index (χ2v) is 4.18. The Kier molecular flexibility index (Phi) is 1.65. The molecule has 0 amide bonds. The Bertz CT molecular complexity index is 364. The first-order valence-electron chi connectivity index (χ1n) is 4.52. The van der Waals surface area contributed by atoms with Crippen LogP contribution in [0.25, 0.3) is 0 Å². The van der Waals surface area contributed by atoms with Gasteiger partial charge in [-0.1, -0.05) is 19.9 Å². The number of nitrogens with zero attached hydrogens (tertiary/aromatic N) is 1. The molecule has 2 N–H and O–H groups in total. The van der Waals surface area contributed by atoms with E-state index in [0.717, 1.165) is 17.8 Å². The van der Waals surface area contributed by atoms with E-state index in [-0.39, 0.29) is 5.41 Å². The Labute approximate surface area is 78.5 Å². The number of rotatable bonds is 0. The normalized spacial score (nSPS) is 18.3. The van der Waals surface area contributed by atoms with Crippen molar-refractivity contribution in [2.24, 2.45) is 4.99 Å². The molecular formula is C11H14N2. The van der Waals surface area contributed by atoms with Crippen molar-refractivity contribution in [2.75, 3.05) is 5.73 Å². The summed E-state index contributed by atoms with van der Waals surface area (Å²) in [5.74, 6) is 0. The average molecular weight is 174 g/mol. The molecule has 0 aliphatic carbocycles. The maximum absolute atomic E-state index is 5.70. The molecule has 0 radical (unpaired) electrons. The third-order valence-electron chi connectivity index (χ3n) is 2.58. The lowest BCUT2D eigenvalue weighted by molar-refractivity contribution is 0.549. The minimum absolute atomic E-state index is 0.199. The van der Waals surface area contributed by atoms with Crippen molar-refractivity contribution in [3.63, 3.8) is 0 Å². The summed E-state index contributed by atoms with van der Waals surface area (Å²) in [4.78, 5) is 4.34. The van der Waals surface area contributed by atoms with E-state index in [0.29, 0.717) is 0 Å². The Morgan fingerprint density at radius 3 is 2.92 bits per heavy atom. The van der Waals surface area contributed by atoms with Crippen LogP contribution in [0.5, 0.6) is 0 Å². The standard InChI is InChI=1S/C11H14N2/c1-11(2)5-6-13-10-7-8(12)3-4-9(10)11/h3-4,6-7H,5,12H2,1-2H3. The Morgan fingerprint density at radius 1 is 1.38 bits per heavy atom. The zero-order valence-electron chi connectivity index (χ0n) is 8.04. The van der Waals surface area contributed by atoms with Gasteiger partial charge in [0.1, 0.15) is 0 Å². The summed E-state index contributed by atoms with van der Waals surface area (Å²) in [6.07, 6.45) is 2.98. The highest BCUT2D eigenvalue weighted by Gasteiger charge is 2.25. The number of nitrogens with two attached hydrogens (primary N) is 1. The van der Waals surface area contributed by atoms with Gasteiger partial charge in [0.05, 0.1) is 5.69 Å². The molecule has 0 fully saturated rings. The van der Waals surface area contributed by atoms with Crippen LogP contribution in [0.2, 0.25) is 0 Å². The van der Waals surface area contributed by atoms with Crippen molar-refractivity contribution >= 4 is 17.6 Å². The summed E-state index contributed by atoms with van der Waals surface area (Å²) in [5.41, 5.74) is 9.00. The summed E-state index contributed by atoms with van der Waals surface area (Å²) in [6.45, 7) is 4.46. The molecule has 1 heterocycles. The summed E-state index contributed by atoms with van der Waals surface area (Å²) in [5, 5.41) is 0. The van der Waals surface area contributed by atoms with Crippen molar-refractivity contribution in [1.82, 2.24) is 0 Å². The van der Waals surface area contributed by atoms with Crippen LogP contribution >= 0.6 is 0 Å². The lowest BCUT2D eigenvalue weighted by atomic mass is 9.79. The number of nitrogen functional groups attached to an aromatic ring is 1. The lowest BCUT2D eigenvalue weighted by Gasteiger charge is -2.28. The molecule has 2 nitrogen and oxygen atoms in total. The van der Waals surface area contributed by atoms with Crippen molar-refractivity contribution in [3.8, 4) is 0 Å². The van der Waals surface area contributed by atoms with E-state index in [1.807, 2.05) is 18.3 Å². The highest BCUT2D eigenvalue weighted by atomic mass is 14.8. The molecule has 1 aliphatic heterocycles. The molecule has 68 valence electrons. The molecule has 0 unspecified atom stereocenters. The van der Waals surface area contributed by atoms with Crippen LogP contribution in [0.3, 0.4) is 0 Å². The first-order chi connectivity index (χ1) is 6.09. The van der Waals surface area contributed by atoms with E-state index in [1.165, 1.54) is 5.56 Å². The molecule has 0 bridgehead atoms. The molecule has 2 heteroatoms. The molecule has 0 aromatic heterocycles. The van der Waals surface area contributed by atoms with Crippen LogP contribution in [0.1, 0.15) is 25.8 Å². The third-order valence-corrected chi connectivity index (χ3v) is 2.58. The Hall–Kier alpha value is -1.31. The quantitative estimate of drug-likeness (QED) is 0.603. The van der Waals surface area contributed by atoms with Gasteiger partial charge in [0, 0.05) is 11.9 Å². The van der Waals surface area contributed by atoms with E-state index in [2.05, 4.69) is 24.9 Å². The Morgan fingerprint density at radius 2 is 2.15 bits per heavy atom. The molecule has 13 heavy (non-hydrogen) atoms. The van der Waals surface area contributed by atoms with Gasteiger partial charge < -0.3 is 5.73 Å². The van der Waals surface area contributed by atoms with Gasteiger partial charge in [-0.05, 0) is 29.5 Å². The van der Waals surface area contributed by atoms with Crippen molar-refractivity contribution in [2.45, 2.75) is 25.7 Å². The first kappa shape index (κ1) is 8.30. The van der Waals surface area contributed by atoms with Crippen LogP contribution in [0.4, 0.5) is 11.4 Å². The van der Waals surface area contributed by atoms with Gasteiger partial charge in [0.25, 0.3) is 0 Å². The molecule has 1 aromatic rings. The van der Waals surface area contributed by atoms with Gasteiger partial charge in [-0.25, -0.2) is 0 Å². The number of benzene rings is 1. The number of hydrogen-bond acceptors (Lipinski definition) is 2. The summed E-state index contributed by atoms with van der Waals surface area (Å²) in [6, 6.07) is 5.97. The molecule has 1 aliphatic rings. The predicted octanol–water partition coefficient (Wildman–Crippen LogP) is 2.65. The molecule has 2 rings (SSSR count). The summed E-state index contributed by atoms with van der Waals surface area (Å²) < 4.78 is 0. The van der Waals surface area contributed by atoms with E-state index < -0.39 is 0 Å². The van der Waals surface area contributed by atoms with Gasteiger partial charge in [0.2, 0.25) is 0 Å². The highest BCUT2D eigenvalue weighted by Crippen LogP contribution is 2.37. The Balaban J connectivity index is 2.61. The summed E-state index contributed by atoms with van der Waals surface area (Å²) >= 11 is 0. The van der Waals surface area contributed by atoms with Crippen LogP contribution in [0.15, 0.2) is 23.2 Å². The van der Waals surface area contributed by atoms with E-state index in [1.54, 1.807) is 0 Å². The average Bonchev–Trinajstić information content (AvgIpc) is 2.02. The number of aliphatic imine (C=N–C) groups is 1. The SMILES string of the molecule is CC1(C)CC=Nc2cc(N)ccc21. The van der Waals surface area contributed by atoms with E-state index >= 15 is 0 Å². The van der Waals surface area contributed by atoms with Gasteiger partial charge in [0.15, 0.2) is 0 Å². The van der Waals surface area contributed by atoms with Crippen LogP contribution in [-0.4, -0.2) is 6.21 Å². The van der Waals surface area contributed by atoms with E-state index in [9.17, 15) is 0 Å². The lowest BCUT2D eigenvalue weighted by Crippen LogP contribution is -2.20. The maximum atomic E-state index is 5.70. The van der Waals surface area contributed by atoms with Crippen molar-refractivity contribution in [3.05, 3.63) is 23.8 Å². The first-order valence-corrected chi connectivity index (χ1v) is 4.52. The van der Waals surface area contributed by atoms with E-state index in [4.69, 9.17) is 5.73 Å². The van der Waals surface area contributed by atoms with Crippen molar-refractivity contribution in [1.29, 1.82) is 0 Å². The monoisotopic (exact) mass is 174 g/mol. The molecular weight excluding hydrogens is 160 g/mol. The summed E-state index contributed by atoms with van der Waals surface area (Å²) in [7, 11) is 0. The zero-order valence-corrected chi connectivity index (χ0v) is 8.04. The predicted molar refractivity (Wildman–Crippen MR) is 56.6 cm³/mol. The fraction of sp³-hybridized carbons (Fsp3) is 0.364. The van der Waals surface area contributed by atoms with Gasteiger partial charge in [-0.15, -0.1) is 0 Å². The minimum atomic E-state index is 0.199. The molecule has 0 spiro atoms. The van der Waals surface area contributed by atoms with Gasteiger partial charge in [-0.3, -0.25) is 4.99 Å². The van der Waals surface area contributed by atoms with Crippen LogP contribution < -0.4 is 5.73 Å². The fourth-order valence-electron chi connectivity index (χ4n) is 1.71. The zero-order chi connectivity index (χ0) is 9.47. The second-order valence-electron chi connectivity index (χ2n) is 4.18.